The molecule has 0 amide bonds. The van der Waals surface area contributed by atoms with Crippen molar-refractivity contribution in [2.75, 3.05) is 14.7 Å². The predicted octanol–water partition coefficient (Wildman–Crippen LogP) is 20.3. The van der Waals surface area contributed by atoms with Crippen LogP contribution in [0.1, 0.15) is 189 Å². The second-order valence-electron chi connectivity index (χ2n) is 30.9. The number of fused-ring (bicyclic) bond motifs is 7. The Labute approximate surface area is 514 Å². The van der Waals surface area contributed by atoms with E-state index in [9.17, 15) is 4.11 Å². The smallest absolute Gasteiger partial charge is 0.252 e. The lowest BCUT2D eigenvalue weighted by Crippen LogP contribution is -2.62. The van der Waals surface area contributed by atoms with Crippen LogP contribution in [-0.2, 0) is 37.9 Å². The molecule has 0 saturated carbocycles. The van der Waals surface area contributed by atoms with E-state index in [1.165, 1.54) is 55.5 Å². The van der Waals surface area contributed by atoms with E-state index in [-0.39, 0.29) is 44.6 Å². The fourth-order valence-electron chi connectivity index (χ4n) is 15.7. The van der Waals surface area contributed by atoms with E-state index in [4.69, 9.17) is 0 Å². The normalized spacial score (nSPS) is 17.3. The first-order valence-electron chi connectivity index (χ1n) is 32.7. The van der Waals surface area contributed by atoms with Crippen molar-refractivity contribution >= 4 is 74.3 Å². The molecule has 2 aliphatic carbocycles. The number of anilines is 9. The highest BCUT2D eigenvalue weighted by Gasteiger charge is 2.50. The van der Waals surface area contributed by atoms with Crippen molar-refractivity contribution < 1.29 is 4.11 Å². The zero-order valence-corrected chi connectivity index (χ0v) is 53.9. The molecule has 2 heterocycles. The fourth-order valence-corrected chi connectivity index (χ4v) is 15.7. The highest BCUT2D eigenvalue weighted by atomic mass is 15.2. The van der Waals surface area contributed by atoms with Gasteiger partial charge in [-0.15, -0.1) is 0 Å². The number of hydrogen-bond donors (Lipinski definition) is 0. The summed E-state index contributed by atoms with van der Waals surface area (Å²) in [4.78, 5) is 7.38. The lowest BCUT2D eigenvalue weighted by Gasteiger charge is -2.48. The maximum Gasteiger partial charge on any atom is 0.252 e. The maximum atomic E-state index is 9.49. The van der Waals surface area contributed by atoms with E-state index in [1.807, 2.05) is 12.1 Å². The molecule has 85 heavy (non-hydrogen) atoms. The molecule has 4 heteroatoms. The number of nitrogens with zero attached hydrogens (tertiary/aromatic N) is 3. The molecule has 0 spiro atoms. The average Bonchev–Trinajstić information content (AvgIpc) is 0.747. The first-order chi connectivity index (χ1) is 41.1. The summed E-state index contributed by atoms with van der Waals surface area (Å²) in [6.07, 6.45) is 1.03. The fraction of sp³-hybridized carbons (Fsp3) is 0.333. The first-order valence-corrected chi connectivity index (χ1v) is 31.2. The van der Waals surface area contributed by atoms with Gasteiger partial charge in [0.2, 0.25) is 0 Å². The molecular weight excluding hydrogens is 1030 g/mol. The van der Waals surface area contributed by atoms with Crippen LogP contribution < -0.4 is 31.1 Å². The van der Waals surface area contributed by atoms with Gasteiger partial charge in [-0.2, -0.15) is 0 Å². The quantitative estimate of drug-likeness (QED) is 0.154. The third kappa shape index (κ3) is 8.96. The molecule has 0 atom stereocenters. The van der Waals surface area contributed by atoms with Gasteiger partial charge in [-0.05, 0) is 209 Å². The van der Waals surface area contributed by atoms with Crippen LogP contribution in [0.5, 0.6) is 0 Å². The molecule has 9 aromatic rings. The molecule has 0 aromatic heterocycles. The zero-order chi connectivity index (χ0) is 63.0. The minimum atomic E-state index is -2.45. The van der Waals surface area contributed by atoms with Gasteiger partial charge in [0.25, 0.3) is 6.71 Å². The Morgan fingerprint density at radius 2 is 0.871 bits per heavy atom. The van der Waals surface area contributed by atoms with Gasteiger partial charge in [-0.1, -0.05) is 215 Å². The molecule has 0 fully saturated rings. The standard InChI is InChI=1S/C81H88BN3/c1-50-41-72-74-73(42-50)85(70-47-63-62(43-51(70)2)78(12,13)49-79(63,14)15)71-48-65-64(80(16,17)60-27-23-24-28-61(60)81(65,18)19)46-67(71)82(74)66-45-58(83(56-34-29-53(30-35-56)75(3,4)5)57-36-31-54(32-37-57)76(6,7)8)38-40-69(66)84(72)68-39-33-55(77(9,10)11)44-59(68)52-25-21-20-22-26-52/h20-48H,49H2,1-19H3/i1D3. The Kier molecular flexibility index (Phi) is 11.8. The van der Waals surface area contributed by atoms with Crippen LogP contribution in [0.15, 0.2) is 176 Å². The van der Waals surface area contributed by atoms with Crippen LogP contribution in [0, 0.1) is 13.8 Å². The van der Waals surface area contributed by atoms with Crippen molar-refractivity contribution in [2.24, 2.45) is 0 Å². The minimum absolute atomic E-state index is 0.0203. The molecule has 13 rings (SSSR count). The molecule has 3 nitrogen and oxygen atoms in total. The molecule has 4 aliphatic rings. The van der Waals surface area contributed by atoms with Crippen molar-refractivity contribution in [3.05, 3.63) is 237 Å². The van der Waals surface area contributed by atoms with Gasteiger partial charge in [0.15, 0.2) is 0 Å². The third-order valence-corrected chi connectivity index (χ3v) is 20.2. The Morgan fingerprint density at radius 1 is 0.412 bits per heavy atom. The maximum absolute atomic E-state index is 9.49. The number of hydrogen-bond acceptors (Lipinski definition) is 3. The second kappa shape index (κ2) is 19.0. The molecule has 430 valence electrons. The minimum Gasteiger partial charge on any atom is -0.311 e. The topological polar surface area (TPSA) is 9.72 Å². The van der Waals surface area contributed by atoms with Crippen LogP contribution in [0.2, 0.25) is 0 Å². The van der Waals surface area contributed by atoms with Gasteiger partial charge in [0.1, 0.15) is 0 Å². The highest BCUT2D eigenvalue weighted by molar-refractivity contribution is 7.00. The van der Waals surface area contributed by atoms with Crippen LogP contribution >= 0.6 is 0 Å². The Balaban J connectivity index is 1.19. The first kappa shape index (κ1) is 53.0. The number of rotatable bonds is 6. The van der Waals surface area contributed by atoms with Crippen LogP contribution in [-0.4, -0.2) is 6.71 Å². The summed E-state index contributed by atoms with van der Waals surface area (Å²) in [6.45, 7) is 39.2. The monoisotopic (exact) mass is 1120 g/mol. The van der Waals surface area contributed by atoms with Crippen molar-refractivity contribution in [1.82, 2.24) is 0 Å². The Hall–Kier alpha value is -7.56. The Morgan fingerprint density at radius 3 is 1.41 bits per heavy atom. The predicted molar refractivity (Wildman–Crippen MR) is 368 cm³/mol. The summed E-state index contributed by atoms with van der Waals surface area (Å²) in [5, 5.41) is 0. The lowest BCUT2D eigenvalue weighted by atomic mass is 9.33. The van der Waals surface area contributed by atoms with E-state index in [1.54, 1.807) is 0 Å². The SMILES string of the molecule is [2H]C([2H])([2H])c1cc2c3c(c1)N(c1ccc(C(C)(C)C)cc1-c1ccccc1)c1ccc(N(c4ccc(C(C)(C)C)cc4)c4ccc(C(C)(C)C)cc4)cc1B3c1cc3c(cc1N2c1cc2c(cc1C)C(C)(C)CC2(C)C)C(C)(C)c1ccccc1C3(C)C. The van der Waals surface area contributed by atoms with E-state index < -0.39 is 6.85 Å². The highest BCUT2D eigenvalue weighted by Crippen LogP contribution is 2.56. The average molecular weight is 1120 g/mol. The van der Waals surface area contributed by atoms with Crippen LogP contribution in [0.3, 0.4) is 0 Å². The molecule has 2 aliphatic heterocycles. The summed E-state index contributed by atoms with van der Waals surface area (Å²) < 4.78 is 28.5. The second-order valence-corrected chi connectivity index (χ2v) is 30.9. The van der Waals surface area contributed by atoms with E-state index in [0.717, 1.165) is 85.2 Å². The van der Waals surface area contributed by atoms with Gasteiger partial charge in [0, 0.05) is 66.0 Å². The Bertz CT molecular complexity index is 4240. The molecule has 9 aromatic carbocycles. The number of aryl methyl sites for hydroxylation is 2. The van der Waals surface area contributed by atoms with Crippen molar-refractivity contribution in [3.8, 4) is 11.1 Å². The van der Waals surface area contributed by atoms with E-state index >= 15 is 0 Å². The van der Waals surface area contributed by atoms with Gasteiger partial charge < -0.3 is 14.7 Å². The van der Waals surface area contributed by atoms with Gasteiger partial charge in [-0.25, -0.2) is 0 Å². The van der Waals surface area contributed by atoms with E-state index in [2.05, 4.69) is 303 Å². The largest absolute Gasteiger partial charge is 0.311 e. The summed E-state index contributed by atoms with van der Waals surface area (Å²) >= 11 is 0. The molecule has 0 bridgehead atoms. The van der Waals surface area contributed by atoms with Crippen LogP contribution in [0.4, 0.5) is 51.2 Å². The lowest BCUT2D eigenvalue weighted by molar-refractivity contribution is 0.403. The molecule has 0 unspecified atom stereocenters. The third-order valence-electron chi connectivity index (χ3n) is 20.2. The molecule has 0 saturated heterocycles. The molecule has 0 N–H and O–H groups in total. The van der Waals surface area contributed by atoms with Gasteiger partial charge >= 0.3 is 0 Å². The van der Waals surface area contributed by atoms with Crippen molar-refractivity contribution in [2.45, 2.75) is 176 Å². The van der Waals surface area contributed by atoms with Crippen molar-refractivity contribution in [1.29, 1.82) is 0 Å². The summed E-state index contributed by atoms with van der Waals surface area (Å²) in [5.74, 6) is 0. The van der Waals surface area contributed by atoms with E-state index in [0.29, 0.717) is 5.56 Å². The van der Waals surface area contributed by atoms with Crippen LogP contribution in [0.25, 0.3) is 11.1 Å². The summed E-state index contributed by atoms with van der Waals surface area (Å²) in [7, 11) is 0. The number of benzene rings is 9. The summed E-state index contributed by atoms with van der Waals surface area (Å²) in [6, 6.07) is 66.4. The van der Waals surface area contributed by atoms with Gasteiger partial charge in [-0.3, -0.25) is 0 Å². The summed E-state index contributed by atoms with van der Waals surface area (Å²) in [5.41, 5.74) is 27.0. The van der Waals surface area contributed by atoms with Crippen molar-refractivity contribution in [3.63, 3.8) is 0 Å². The molecule has 0 radical (unpaired) electrons. The molecular formula is C81H88BN3. The zero-order valence-electron chi connectivity index (χ0n) is 56.9. The van der Waals surface area contributed by atoms with Gasteiger partial charge in [0.05, 0.1) is 5.69 Å².